The van der Waals surface area contributed by atoms with Crippen molar-refractivity contribution in [1.82, 2.24) is 9.88 Å². The summed E-state index contributed by atoms with van der Waals surface area (Å²) in [5, 5.41) is 10.3. The minimum Gasteiger partial charge on any atom is -0.395 e. The Labute approximate surface area is 118 Å². The number of aliphatic hydroxyl groups excluding tert-OH is 1. The van der Waals surface area contributed by atoms with Crippen molar-refractivity contribution in [3.05, 3.63) is 41.8 Å². The zero-order valence-electron chi connectivity index (χ0n) is 11.4. The van der Waals surface area contributed by atoms with Crippen LogP contribution in [0.5, 0.6) is 0 Å². The molecule has 1 unspecified atom stereocenters. The Morgan fingerprint density at radius 2 is 2.15 bits per heavy atom. The van der Waals surface area contributed by atoms with E-state index in [0.29, 0.717) is 0 Å². The lowest BCUT2D eigenvalue weighted by Crippen LogP contribution is -2.41. The maximum absolute atomic E-state index is 13.1. The smallest absolute Gasteiger partial charge is 0.123 e. The Bertz CT molecular complexity index is 602. The molecule has 0 spiro atoms. The van der Waals surface area contributed by atoms with Crippen LogP contribution in [-0.4, -0.2) is 34.2 Å². The predicted octanol–water partition coefficient (Wildman–Crippen LogP) is 2.72. The molecule has 1 aromatic heterocycles. The first-order valence-corrected chi connectivity index (χ1v) is 7.16. The molecular formula is C16H19FN2O. The van der Waals surface area contributed by atoms with Crippen LogP contribution in [0.2, 0.25) is 0 Å². The van der Waals surface area contributed by atoms with Crippen LogP contribution in [0.25, 0.3) is 10.9 Å². The van der Waals surface area contributed by atoms with E-state index in [4.69, 9.17) is 0 Å². The maximum Gasteiger partial charge on any atom is 0.123 e. The molecule has 2 heterocycles. The lowest BCUT2D eigenvalue weighted by molar-refractivity contribution is 0.0832. The number of rotatable bonds is 3. The van der Waals surface area contributed by atoms with Gasteiger partial charge in [-0.2, -0.15) is 0 Å². The molecule has 1 atom stereocenters. The molecule has 1 aliphatic rings. The summed E-state index contributed by atoms with van der Waals surface area (Å²) in [4.78, 5) is 6.88. The van der Waals surface area contributed by atoms with Crippen LogP contribution in [-0.2, 0) is 6.54 Å². The second-order valence-electron chi connectivity index (χ2n) is 5.44. The quantitative estimate of drug-likeness (QED) is 0.935. The molecule has 4 heteroatoms. The average Bonchev–Trinajstić information content (AvgIpc) is 2.48. The van der Waals surface area contributed by atoms with Crippen LogP contribution in [0.4, 0.5) is 4.39 Å². The van der Waals surface area contributed by atoms with Gasteiger partial charge in [-0.05, 0) is 43.7 Å². The Kier molecular flexibility index (Phi) is 3.94. The number of pyridine rings is 1. The molecular weight excluding hydrogens is 255 g/mol. The first kappa shape index (κ1) is 13.5. The lowest BCUT2D eigenvalue weighted by Gasteiger charge is -2.34. The van der Waals surface area contributed by atoms with Crippen molar-refractivity contribution in [3.63, 3.8) is 0 Å². The molecule has 0 saturated carbocycles. The van der Waals surface area contributed by atoms with E-state index in [0.717, 1.165) is 36.1 Å². The lowest BCUT2D eigenvalue weighted by atomic mass is 10.0. The predicted molar refractivity (Wildman–Crippen MR) is 76.8 cm³/mol. The Morgan fingerprint density at radius 1 is 1.25 bits per heavy atom. The van der Waals surface area contributed by atoms with Crippen LogP contribution >= 0.6 is 0 Å². The van der Waals surface area contributed by atoms with Crippen molar-refractivity contribution in [2.75, 3.05) is 13.2 Å². The van der Waals surface area contributed by atoms with Crippen molar-refractivity contribution in [1.29, 1.82) is 0 Å². The number of nitrogens with zero attached hydrogens (tertiary/aromatic N) is 2. The first-order valence-electron chi connectivity index (χ1n) is 7.16. The van der Waals surface area contributed by atoms with Crippen LogP contribution in [0.15, 0.2) is 30.3 Å². The molecule has 1 saturated heterocycles. The third-order valence-corrected chi connectivity index (χ3v) is 4.03. The fourth-order valence-electron chi connectivity index (χ4n) is 2.91. The fourth-order valence-corrected chi connectivity index (χ4v) is 2.91. The average molecular weight is 274 g/mol. The molecule has 20 heavy (non-hydrogen) atoms. The van der Waals surface area contributed by atoms with Gasteiger partial charge in [0, 0.05) is 18.0 Å². The number of likely N-dealkylation sites (tertiary alicyclic amines) is 1. The summed E-state index contributed by atoms with van der Waals surface area (Å²) in [6.07, 6.45) is 3.41. The summed E-state index contributed by atoms with van der Waals surface area (Å²) in [5.41, 5.74) is 1.80. The third-order valence-electron chi connectivity index (χ3n) is 4.03. The number of aliphatic hydroxyl groups is 1. The minimum atomic E-state index is -0.233. The number of fused-ring (bicyclic) bond motifs is 1. The van der Waals surface area contributed by atoms with E-state index in [1.54, 1.807) is 6.07 Å². The third kappa shape index (κ3) is 2.81. The van der Waals surface area contributed by atoms with Gasteiger partial charge in [-0.25, -0.2) is 4.39 Å². The number of benzene rings is 1. The molecule has 1 fully saturated rings. The Hall–Kier alpha value is -1.52. The maximum atomic E-state index is 13.1. The number of hydrogen-bond donors (Lipinski definition) is 1. The van der Waals surface area contributed by atoms with E-state index in [1.165, 1.54) is 25.0 Å². The normalized spacial score (nSPS) is 20.4. The molecule has 0 aliphatic carbocycles. The Morgan fingerprint density at radius 3 is 3.00 bits per heavy atom. The first-order chi connectivity index (χ1) is 9.76. The van der Waals surface area contributed by atoms with Gasteiger partial charge in [-0.3, -0.25) is 9.88 Å². The number of halogens is 1. The molecule has 1 aliphatic heterocycles. The number of piperidine rings is 1. The van der Waals surface area contributed by atoms with Crippen molar-refractivity contribution < 1.29 is 9.50 Å². The molecule has 1 aromatic carbocycles. The summed E-state index contributed by atoms with van der Waals surface area (Å²) in [7, 11) is 0. The molecule has 0 bridgehead atoms. The van der Waals surface area contributed by atoms with E-state index in [-0.39, 0.29) is 18.5 Å². The van der Waals surface area contributed by atoms with E-state index in [2.05, 4.69) is 9.88 Å². The molecule has 2 aromatic rings. The van der Waals surface area contributed by atoms with E-state index < -0.39 is 0 Å². The highest BCUT2D eigenvalue weighted by atomic mass is 19.1. The standard InChI is InChI=1S/C16H19FN2O/c17-13-5-7-16-12(9-13)4-6-14(18-16)10-19-8-2-1-3-15(19)11-20/h4-7,9,15,20H,1-3,8,10-11H2. The van der Waals surface area contributed by atoms with Crippen LogP contribution < -0.4 is 0 Å². The second kappa shape index (κ2) is 5.85. The zero-order chi connectivity index (χ0) is 13.9. The molecule has 3 rings (SSSR count). The van der Waals surface area contributed by atoms with Crippen molar-refractivity contribution in [2.24, 2.45) is 0 Å². The monoisotopic (exact) mass is 274 g/mol. The summed E-state index contributed by atoms with van der Waals surface area (Å²) in [5.74, 6) is -0.233. The summed E-state index contributed by atoms with van der Waals surface area (Å²) in [6.45, 7) is 1.96. The summed E-state index contributed by atoms with van der Waals surface area (Å²) in [6, 6.07) is 8.77. The largest absolute Gasteiger partial charge is 0.395 e. The number of aromatic nitrogens is 1. The van der Waals surface area contributed by atoms with Gasteiger partial charge < -0.3 is 5.11 Å². The van der Waals surface area contributed by atoms with Crippen molar-refractivity contribution in [3.8, 4) is 0 Å². The SMILES string of the molecule is OCC1CCCCN1Cc1ccc2cc(F)ccc2n1. The topological polar surface area (TPSA) is 36.4 Å². The minimum absolute atomic E-state index is 0.207. The molecule has 106 valence electrons. The van der Waals surface area contributed by atoms with Crippen LogP contribution in [0.1, 0.15) is 25.0 Å². The van der Waals surface area contributed by atoms with Crippen molar-refractivity contribution >= 4 is 10.9 Å². The van der Waals surface area contributed by atoms with Gasteiger partial charge >= 0.3 is 0 Å². The summed E-state index contributed by atoms with van der Waals surface area (Å²) < 4.78 is 13.1. The molecule has 1 N–H and O–H groups in total. The van der Waals surface area contributed by atoms with Gasteiger partial charge in [0.25, 0.3) is 0 Å². The van der Waals surface area contributed by atoms with Crippen molar-refractivity contribution in [2.45, 2.75) is 31.8 Å². The highest BCUT2D eigenvalue weighted by Gasteiger charge is 2.21. The van der Waals surface area contributed by atoms with Crippen LogP contribution in [0.3, 0.4) is 0 Å². The highest BCUT2D eigenvalue weighted by Crippen LogP contribution is 2.20. The van der Waals surface area contributed by atoms with Gasteiger partial charge in [0.15, 0.2) is 0 Å². The fraction of sp³-hybridized carbons (Fsp3) is 0.438. The molecule has 3 nitrogen and oxygen atoms in total. The number of hydrogen-bond acceptors (Lipinski definition) is 3. The Balaban J connectivity index is 1.81. The van der Waals surface area contributed by atoms with Gasteiger partial charge in [-0.1, -0.05) is 12.5 Å². The van der Waals surface area contributed by atoms with Gasteiger partial charge in [0.05, 0.1) is 17.8 Å². The highest BCUT2D eigenvalue weighted by molar-refractivity contribution is 5.78. The molecule has 0 amide bonds. The van der Waals surface area contributed by atoms with Gasteiger partial charge in [0.2, 0.25) is 0 Å². The summed E-state index contributed by atoms with van der Waals surface area (Å²) >= 11 is 0. The van der Waals surface area contributed by atoms with E-state index >= 15 is 0 Å². The van der Waals surface area contributed by atoms with E-state index in [1.807, 2.05) is 12.1 Å². The van der Waals surface area contributed by atoms with Crippen LogP contribution in [0, 0.1) is 5.82 Å². The molecule has 0 radical (unpaired) electrons. The van der Waals surface area contributed by atoms with Gasteiger partial charge in [-0.15, -0.1) is 0 Å². The zero-order valence-corrected chi connectivity index (χ0v) is 11.4. The van der Waals surface area contributed by atoms with Gasteiger partial charge in [0.1, 0.15) is 5.82 Å². The van der Waals surface area contributed by atoms with E-state index in [9.17, 15) is 9.50 Å². The second-order valence-corrected chi connectivity index (χ2v) is 5.44.